The summed E-state index contributed by atoms with van der Waals surface area (Å²) in [6.07, 6.45) is 1.73. The van der Waals surface area contributed by atoms with Crippen LogP contribution in [0.1, 0.15) is 23.2 Å². The lowest BCUT2D eigenvalue weighted by atomic mass is 10.0. The summed E-state index contributed by atoms with van der Waals surface area (Å²) < 4.78 is 39.9. The number of carbonyl (C=O) groups is 1. The zero-order valence-corrected chi connectivity index (χ0v) is 13.6. The van der Waals surface area contributed by atoms with Crippen LogP contribution < -0.4 is 0 Å². The lowest BCUT2D eigenvalue weighted by Crippen LogP contribution is -2.27. The van der Waals surface area contributed by atoms with E-state index in [9.17, 15) is 17.6 Å². The number of sulfonamides is 1. The first-order chi connectivity index (χ1) is 11.4. The predicted octanol–water partition coefficient (Wildman–Crippen LogP) is 2.98. The van der Waals surface area contributed by atoms with Gasteiger partial charge in [0.1, 0.15) is 5.82 Å². The number of aromatic carboxylic acids is 1. The summed E-state index contributed by atoms with van der Waals surface area (Å²) in [7, 11) is -3.49. The van der Waals surface area contributed by atoms with Gasteiger partial charge in [0.05, 0.1) is 10.5 Å². The third-order valence-corrected chi connectivity index (χ3v) is 6.00. The fourth-order valence-corrected chi connectivity index (χ4v) is 4.28. The maximum absolute atomic E-state index is 13.5. The van der Waals surface area contributed by atoms with Crippen molar-refractivity contribution in [3.63, 3.8) is 0 Å². The van der Waals surface area contributed by atoms with E-state index in [-0.39, 0.29) is 4.90 Å². The Morgan fingerprint density at radius 1 is 1.00 bits per heavy atom. The highest BCUT2D eigenvalue weighted by atomic mass is 32.2. The van der Waals surface area contributed by atoms with Gasteiger partial charge < -0.3 is 5.11 Å². The molecule has 1 heterocycles. The van der Waals surface area contributed by atoms with Crippen molar-refractivity contribution in [1.82, 2.24) is 4.31 Å². The van der Waals surface area contributed by atoms with Crippen LogP contribution in [-0.4, -0.2) is 36.9 Å². The maximum atomic E-state index is 13.5. The molecule has 0 amide bonds. The quantitative estimate of drug-likeness (QED) is 0.921. The topological polar surface area (TPSA) is 74.7 Å². The standard InChI is InChI=1S/C17H16FNO4S/c18-16-8-5-13(11-15(16)17(20)21)12-3-6-14(7-4-12)24(22,23)19-9-1-2-10-19/h3-8,11H,1-2,9-10H2,(H,20,21). The largest absolute Gasteiger partial charge is 0.478 e. The smallest absolute Gasteiger partial charge is 0.338 e. The molecule has 0 atom stereocenters. The Labute approximate surface area is 139 Å². The number of rotatable bonds is 4. The second kappa shape index (κ2) is 6.33. The number of carboxylic acids is 1. The molecule has 0 radical (unpaired) electrons. The molecule has 1 fully saturated rings. The molecule has 1 N–H and O–H groups in total. The molecule has 0 spiro atoms. The van der Waals surface area contributed by atoms with E-state index in [0.29, 0.717) is 24.2 Å². The monoisotopic (exact) mass is 349 g/mol. The van der Waals surface area contributed by atoms with Gasteiger partial charge in [0.15, 0.2) is 0 Å². The lowest BCUT2D eigenvalue weighted by Gasteiger charge is -2.15. The number of benzene rings is 2. The average molecular weight is 349 g/mol. The zero-order valence-electron chi connectivity index (χ0n) is 12.8. The van der Waals surface area contributed by atoms with E-state index in [1.807, 2.05) is 0 Å². The van der Waals surface area contributed by atoms with Crippen LogP contribution in [0.15, 0.2) is 47.4 Å². The van der Waals surface area contributed by atoms with Gasteiger partial charge in [0.2, 0.25) is 10.0 Å². The minimum absolute atomic E-state index is 0.203. The van der Waals surface area contributed by atoms with Gasteiger partial charge in [-0.25, -0.2) is 17.6 Å². The molecule has 24 heavy (non-hydrogen) atoms. The second-order valence-electron chi connectivity index (χ2n) is 5.64. The van der Waals surface area contributed by atoms with E-state index in [2.05, 4.69) is 0 Å². The third kappa shape index (κ3) is 3.05. The summed E-state index contributed by atoms with van der Waals surface area (Å²) in [5.41, 5.74) is 0.720. The van der Waals surface area contributed by atoms with E-state index in [1.165, 1.54) is 28.6 Å². The van der Waals surface area contributed by atoms with E-state index >= 15 is 0 Å². The Hall–Kier alpha value is -2.25. The van der Waals surface area contributed by atoms with Gasteiger partial charge in [-0.15, -0.1) is 0 Å². The van der Waals surface area contributed by atoms with E-state index in [4.69, 9.17) is 5.11 Å². The Morgan fingerprint density at radius 3 is 2.17 bits per heavy atom. The molecular formula is C17H16FNO4S. The Balaban J connectivity index is 1.93. The molecule has 0 aliphatic carbocycles. The van der Waals surface area contributed by atoms with Crippen LogP contribution in [0.25, 0.3) is 11.1 Å². The highest BCUT2D eigenvalue weighted by molar-refractivity contribution is 7.89. The van der Waals surface area contributed by atoms with Crippen LogP contribution in [-0.2, 0) is 10.0 Å². The van der Waals surface area contributed by atoms with Crippen molar-refractivity contribution in [3.05, 3.63) is 53.8 Å². The molecule has 126 valence electrons. The van der Waals surface area contributed by atoms with Gasteiger partial charge in [-0.1, -0.05) is 18.2 Å². The van der Waals surface area contributed by atoms with E-state index in [0.717, 1.165) is 18.9 Å². The van der Waals surface area contributed by atoms with Crippen molar-refractivity contribution in [1.29, 1.82) is 0 Å². The second-order valence-corrected chi connectivity index (χ2v) is 7.57. The first-order valence-corrected chi connectivity index (χ1v) is 8.97. The molecule has 7 heteroatoms. The van der Waals surface area contributed by atoms with Crippen LogP contribution in [0.4, 0.5) is 4.39 Å². The first-order valence-electron chi connectivity index (χ1n) is 7.53. The number of hydrogen-bond donors (Lipinski definition) is 1. The van der Waals surface area contributed by atoms with Gasteiger partial charge in [-0.05, 0) is 48.2 Å². The molecular weight excluding hydrogens is 333 g/mol. The number of hydrogen-bond acceptors (Lipinski definition) is 3. The van der Waals surface area contributed by atoms with Crippen LogP contribution in [0, 0.1) is 5.82 Å². The van der Waals surface area contributed by atoms with Crippen LogP contribution in [0.5, 0.6) is 0 Å². The fraction of sp³-hybridized carbons (Fsp3) is 0.235. The lowest BCUT2D eigenvalue weighted by molar-refractivity contribution is 0.0692. The molecule has 1 aliphatic heterocycles. The first kappa shape index (κ1) is 16.6. The van der Waals surface area contributed by atoms with E-state index in [1.54, 1.807) is 12.1 Å². The Kier molecular flexibility index (Phi) is 4.38. The Bertz CT molecular complexity index is 872. The number of carboxylic acid groups (broad SMARTS) is 1. The summed E-state index contributed by atoms with van der Waals surface area (Å²) in [5.74, 6) is -2.15. The molecule has 3 rings (SSSR count). The van der Waals surface area contributed by atoms with Gasteiger partial charge in [0.25, 0.3) is 0 Å². The zero-order chi connectivity index (χ0) is 17.3. The van der Waals surface area contributed by atoms with Crippen LogP contribution >= 0.6 is 0 Å². The summed E-state index contributed by atoms with van der Waals surface area (Å²) in [6.45, 7) is 1.06. The van der Waals surface area contributed by atoms with Gasteiger partial charge in [-0.2, -0.15) is 4.31 Å². The molecule has 2 aromatic carbocycles. The molecule has 0 bridgehead atoms. The average Bonchev–Trinajstić information content (AvgIpc) is 3.10. The molecule has 1 saturated heterocycles. The highest BCUT2D eigenvalue weighted by Gasteiger charge is 2.26. The molecule has 1 aliphatic rings. The van der Waals surface area contributed by atoms with Crippen molar-refractivity contribution in [2.75, 3.05) is 13.1 Å². The number of nitrogens with zero attached hydrogens (tertiary/aromatic N) is 1. The summed E-state index contributed by atoms with van der Waals surface area (Å²) >= 11 is 0. The highest BCUT2D eigenvalue weighted by Crippen LogP contribution is 2.26. The number of halogens is 1. The summed E-state index contributed by atoms with van der Waals surface area (Å²) in [6, 6.07) is 9.98. The molecule has 2 aromatic rings. The Morgan fingerprint density at radius 2 is 1.58 bits per heavy atom. The van der Waals surface area contributed by atoms with Crippen molar-refractivity contribution in [2.45, 2.75) is 17.7 Å². The van der Waals surface area contributed by atoms with Crippen molar-refractivity contribution in [3.8, 4) is 11.1 Å². The van der Waals surface area contributed by atoms with E-state index < -0.39 is 27.4 Å². The van der Waals surface area contributed by atoms with Crippen molar-refractivity contribution < 1.29 is 22.7 Å². The molecule has 0 saturated carbocycles. The minimum atomic E-state index is -3.49. The molecule has 0 aromatic heterocycles. The van der Waals surface area contributed by atoms with Gasteiger partial charge in [-0.3, -0.25) is 0 Å². The van der Waals surface area contributed by atoms with Crippen LogP contribution in [0.2, 0.25) is 0 Å². The molecule has 0 unspecified atom stereocenters. The minimum Gasteiger partial charge on any atom is -0.478 e. The predicted molar refractivity (Wildman–Crippen MR) is 86.8 cm³/mol. The fourth-order valence-electron chi connectivity index (χ4n) is 2.77. The van der Waals surface area contributed by atoms with Crippen LogP contribution in [0.3, 0.4) is 0 Å². The van der Waals surface area contributed by atoms with Crippen molar-refractivity contribution in [2.24, 2.45) is 0 Å². The van der Waals surface area contributed by atoms with Crippen molar-refractivity contribution >= 4 is 16.0 Å². The molecule has 5 nitrogen and oxygen atoms in total. The SMILES string of the molecule is O=C(O)c1cc(-c2ccc(S(=O)(=O)N3CCCC3)cc2)ccc1F. The third-order valence-electron chi connectivity index (χ3n) is 4.09. The van der Waals surface area contributed by atoms with Gasteiger partial charge in [0, 0.05) is 13.1 Å². The maximum Gasteiger partial charge on any atom is 0.338 e. The normalized spacial score (nSPS) is 15.5. The van der Waals surface area contributed by atoms with Gasteiger partial charge >= 0.3 is 5.97 Å². The summed E-state index contributed by atoms with van der Waals surface area (Å²) in [4.78, 5) is 11.2. The summed E-state index contributed by atoms with van der Waals surface area (Å²) in [5, 5.41) is 8.98.